The Morgan fingerprint density at radius 3 is 3.10 bits per heavy atom. The van der Waals surface area contributed by atoms with Crippen LogP contribution in [0.25, 0.3) is 0 Å². The molecule has 2 heterocycles. The minimum absolute atomic E-state index is 0.0379. The lowest BCUT2D eigenvalue weighted by molar-refractivity contribution is -0.116. The van der Waals surface area contributed by atoms with E-state index in [0.717, 1.165) is 30.9 Å². The van der Waals surface area contributed by atoms with E-state index in [4.69, 9.17) is 4.74 Å². The van der Waals surface area contributed by atoms with Crippen LogP contribution in [0.15, 0.2) is 18.2 Å². The zero-order valence-corrected chi connectivity index (χ0v) is 11.3. The molecule has 1 aromatic rings. The van der Waals surface area contributed by atoms with Gasteiger partial charge in [0.1, 0.15) is 0 Å². The number of nitrogens with one attached hydrogen (secondary N) is 2. The number of hydrogen-bond donors (Lipinski definition) is 2. The third-order valence-electron chi connectivity index (χ3n) is 3.84. The Balaban J connectivity index is 1.64. The Hall–Kier alpha value is -1.88. The van der Waals surface area contributed by atoms with Crippen molar-refractivity contribution in [1.82, 2.24) is 5.32 Å². The molecule has 3 rings (SSSR count). The van der Waals surface area contributed by atoms with Gasteiger partial charge < -0.3 is 15.4 Å². The van der Waals surface area contributed by atoms with Crippen molar-refractivity contribution in [3.8, 4) is 0 Å². The number of fused-ring (bicyclic) bond motifs is 1. The summed E-state index contributed by atoms with van der Waals surface area (Å²) in [5.41, 5.74) is 2.50. The molecule has 2 aliphatic rings. The minimum Gasteiger partial charge on any atom is -0.381 e. The van der Waals surface area contributed by atoms with Gasteiger partial charge in [0.25, 0.3) is 5.91 Å². The van der Waals surface area contributed by atoms with Gasteiger partial charge in [-0.1, -0.05) is 0 Å². The third kappa shape index (κ3) is 2.82. The SMILES string of the molecule is O=C1CCc2cc(C(=O)NC[C@H]3CCOC3)ccc2N1. The van der Waals surface area contributed by atoms with E-state index in [1.54, 1.807) is 12.1 Å². The maximum absolute atomic E-state index is 12.1. The number of anilines is 1. The van der Waals surface area contributed by atoms with Crippen LogP contribution in [0.5, 0.6) is 0 Å². The average Bonchev–Trinajstić information content (AvgIpc) is 2.97. The van der Waals surface area contributed by atoms with Gasteiger partial charge in [-0.2, -0.15) is 0 Å². The van der Waals surface area contributed by atoms with Gasteiger partial charge in [-0.25, -0.2) is 0 Å². The summed E-state index contributed by atoms with van der Waals surface area (Å²) in [6, 6.07) is 5.43. The van der Waals surface area contributed by atoms with E-state index in [9.17, 15) is 9.59 Å². The molecular weight excluding hydrogens is 256 g/mol. The molecule has 2 aliphatic heterocycles. The predicted molar refractivity (Wildman–Crippen MR) is 74.7 cm³/mol. The zero-order chi connectivity index (χ0) is 13.9. The van der Waals surface area contributed by atoms with Crippen LogP contribution in [0.2, 0.25) is 0 Å². The number of amides is 2. The van der Waals surface area contributed by atoms with E-state index in [1.165, 1.54) is 0 Å². The van der Waals surface area contributed by atoms with Crippen LogP contribution >= 0.6 is 0 Å². The van der Waals surface area contributed by atoms with Crippen LogP contribution < -0.4 is 10.6 Å². The molecule has 0 saturated carbocycles. The number of rotatable bonds is 3. The molecule has 5 nitrogen and oxygen atoms in total. The lowest BCUT2D eigenvalue weighted by Crippen LogP contribution is -2.29. The van der Waals surface area contributed by atoms with Crippen molar-refractivity contribution in [2.45, 2.75) is 19.3 Å². The van der Waals surface area contributed by atoms with Crippen LogP contribution in [-0.2, 0) is 16.0 Å². The fourth-order valence-corrected chi connectivity index (χ4v) is 2.61. The van der Waals surface area contributed by atoms with Gasteiger partial charge in [0.2, 0.25) is 5.91 Å². The number of aryl methyl sites for hydroxylation is 1. The highest BCUT2D eigenvalue weighted by molar-refractivity contribution is 5.97. The Kier molecular flexibility index (Phi) is 3.69. The summed E-state index contributed by atoms with van der Waals surface area (Å²) in [7, 11) is 0. The summed E-state index contributed by atoms with van der Waals surface area (Å²) < 4.78 is 5.29. The van der Waals surface area contributed by atoms with Crippen molar-refractivity contribution < 1.29 is 14.3 Å². The minimum atomic E-state index is -0.0587. The second kappa shape index (κ2) is 5.63. The van der Waals surface area contributed by atoms with E-state index < -0.39 is 0 Å². The van der Waals surface area contributed by atoms with Crippen LogP contribution in [0.4, 0.5) is 5.69 Å². The van der Waals surface area contributed by atoms with Gasteiger partial charge in [0.15, 0.2) is 0 Å². The van der Waals surface area contributed by atoms with Crippen molar-refractivity contribution in [2.75, 3.05) is 25.1 Å². The molecular formula is C15H18N2O3. The fraction of sp³-hybridized carbons (Fsp3) is 0.467. The first-order chi connectivity index (χ1) is 9.72. The molecule has 1 fully saturated rings. The van der Waals surface area contributed by atoms with Gasteiger partial charge in [-0.15, -0.1) is 0 Å². The first kappa shape index (κ1) is 13.1. The van der Waals surface area contributed by atoms with Gasteiger partial charge in [-0.3, -0.25) is 9.59 Å². The summed E-state index contributed by atoms with van der Waals surface area (Å²) in [6.45, 7) is 2.18. The topological polar surface area (TPSA) is 67.4 Å². The highest BCUT2D eigenvalue weighted by Crippen LogP contribution is 2.23. The molecule has 0 aromatic heterocycles. The Bertz CT molecular complexity index is 536. The van der Waals surface area contributed by atoms with E-state index in [-0.39, 0.29) is 11.8 Å². The molecule has 1 atom stereocenters. The normalized spacial score (nSPS) is 21.2. The van der Waals surface area contributed by atoms with Crippen molar-refractivity contribution in [3.05, 3.63) is 29.3 Å². The molecule has 0 radical (unpaired) electrons. The van der Waals surface area contributed by atoms with Gasteiger partial charge in [0.05, 0.1) is 6.61 Å². The first-order valence-corrected chi connectivity index (χ1v) is 7.01. The standard InChI is InChI=1S/C15H18N2O3/c18-14-4-2-11-7-12(1-3-13(11)17-14)15(19)16-8-10-5-6-20-9-10/h1,3,7,10H,2,4-6,8-9H2,(H,16,19)(H,17,18)/t10-/m1/s1. The summed E-state index contributed by atoms with van der Waals surface area (Å²) in [5.74, 6) is 0.406. The highest BCUT2D eigenvalue weighted by Gasteiger charge is 2.19. The van der Waals surface area contributed by atoms with Crippen molar-refractivity contribution in [3.63, 3.8) is 0 Å². The second-order valence-corrected chi connectivity index (χ2v) is 5.36. The van der Waals surface area contributed by atoms with E-state index >= 15 is 0 Å². The van der Waals surface area contributed by atoms with E-state index in [1.807, 2.05) is 6.07 Å². The lowest BCUT2D eigenvalue weighted by atomic mass is 10.00. The van der Waals surface area contributed by atoms with E-state index in [0.29, 0.717) is 30.9 Å². The highest BCUT2D eigenvalue weighted by atomic mass is 16.5. The van der Waals surface area contributed by atoms with Gasteiger partial charge >= 0.3 is 0 Å². The number of ether oxygens (including phenoxy) is 1. The molecule has 20 heavy (non-hydrogen) atoms. The number of hydrogen-bond acceptors (Lipinski definition) is 3. The molecule has 0 aliphatic carbocycles. The zero-order valence-electron chi connectivity index (χ0n) is 11.3. The number of carbonyl (C=O) groups excluding carboxylic acids is 2. The van der Waals surface area contributed by atoms with Crippen LogP contribution in [0, 0.1) is 5.92 Å². The molecule has 1 saturated heterocycles. The average molecular weight is 274 g/mol. The van der Waals surface area contributed by atoms with Crippen molar-refractivity contribution in [2.24, 2.45) is 5.92 Å². The Labute approximate surface area is 117 Å². The third-order valence-corrected chi connectivity index (χ3v) is 3.84. The molecule has 106 valence electrons. The summed E-state index contributed by atoms with van der Waals surface area (Å²) >= 11 is 0. The molecule has 0 unspecified atom stereocenters. The van der Waals surface area contributed by atoms with Crippen LogP contribution in [-0.4, -0.2) is 31.6 Å². The van der Waals surface area contributed by atoms with Crippen LogP contribution in [0.1, 0.15) is 28.8 Å². The molecule has 5 heteroatoms. The van der Waals surface area contributed by atoms with Gasteiger partial charge in [-0.05, 0) is 36.6 Å². The quantitative estimate of drug-likeness (QED) is 0.874. The second-order valence-electron chi connectivity index (χ2n) is 5.36. The maximum atomic E-state index is 12.1. The predicted octanol–water partition coefficient (Wildman–Crippen LogP) is 1.34. The summed E-state index contributed by atoms with van der Waals surface area (Å²) in [6.07, 6.45) is 2.19. The lowest BCUT2D eigenvalue weighted by Gasteiger charge is -2.17. The van der Waals surface area contributed by atoms with E-state index in [2.05, 4.69) is 10.6 Å². The monoisotopic (exact) mass is 274 g/mol. The largest absolute Gasteiger partial charge is 0.381 e. The van der Waals surface area contributed by atoms with Crippen molar-refractivity contribution >= 4 is 17.5 Å². The van der Waals surface area contributed by atoms with Crippen molar-refractivity contribution in [1.29, 1.82) is 0 Å². The molecule has 0 bridgehead atoms. The van der Waals surface area contributed by atoms with Gasteiger partial charge in [0, 0.05) is 36.7 Å². The Morgan fingerprint density at radius 1 is 1.40 bits per heavy atom. The summed E-state index contributed by atoms with van der Waals surface area (Å²) in [5, 5.41) is 5.77. The molecule has 2 amide bonds. The molecule has 1 aromatic carbocycles. The number of benzene rings is 1. The number of carbonyl (C=O) groups is 2. The maximum Gasteiger partial charge on any atom is 0.251 e. The molecule has 2 N–H and O–H groups in total. The Morgan fingerprint density at radius 2 is 2.30 bits per heavy atom. The first-order valence-electron chi connectivity index (χ1n) is 7.01. The van der Waals surface area contributed by atoms with Crippen LogP contribution in [0.3, 0.4) is 0 Å². The summed E-state index contributed by atoms with van der Waals surface area (Å²) in [4.78, 5) is 23.4. The fourth-order valence-electron chi connectivity index (χ4n) is 2.61. The smallest absolute Gasteiger partial charge is 0.251 e. The molecule has 0 spiro atoms.